The van der Waals surface area contributed by atoms with E-state index in [1.54, 1.807) is 18.0 Å². The van der Waals surface area contributed by atoms with E-state index in [0.717, 1.165) is 23.5 Å². The first-order chi connectivity index (χ1) is 10.6. The van der Waals surface area contributed by atoms with E-state index in [0.29, 0.717) is 16.9 Å². The zero-order chi connectivity index (χ0) is 15.7. The molecule has 4 unspecified atom stereocenters. The van der Waals surface area contributed by atoms with Crippen LogP contribution in [0.25, 0.3) is 11.0 Å². The third-order valence-corrected chi connectivity index (χ3v) is 5.29. The van der Waals surface area contributed by atoms with Gasteiger partial charge in [0.2, 0.25) is 0 Å². The van der Waals surface area contributed by atoms with Crippen LogP contribution in [0.15, 0.2) is 12.5 Å². The van der Waals surface area contributed by atoms with Gasteiger partial charge >= 0.3 is 0 Å². The number of nitrogens with two attached hydrogens (primary N) is 1. The minimum atomic E-state index is -0.873. The maximum absolute atomic E-state index is 10.4. The third kappa shape index (κ3) is 3.41. The normalized spacial score (nSPS) is 27.3. The van der Waals surface area contributed by atoms with E-state index >= 15 is 0 Å². The number of thioether (sulfide) groups is 1. The molecule has 4 atom stereocenters. The summed E-state index contributed by atoms with van der Waals surface area (Å²) in [7, 11) is 0. The first kappa shape index (κ1) is 18.3. The minimum Gasteiger partial charge on any atom is -0.389 e. The SMILES string of the molecule is CCCSCC1NC(c2c[nH]c3c(N)ncnc23)C(O)C1O.Cl. The number of nitrogens with zero attached hydrogens (tertiary/aromatic N) is 2. The summed E-state index contributed by atoms with van der Waals surface area (Å²) in [4.78, 5) is 11.2. The summed E-state index contributed by atoms with van der Waals surface area (Å²) >= 11 is 1.77. The fourth-order valence-electron chi connectivity index (χ4n) is 2.85. The number of nitrogens with one attached hydrogen (secondary N) is 2. The monoisotopic (exact) mass is 359 g/mol. The van der Waals surface area contributed by atoms with Gasteiger partial charge in [0.25, 0.3) is 0 Å². The Morgan fingerprint density at radius 2 is 2.09 bits per heavy atom. The average molecular weight is 360 g/mol. The fraction of sp³-hybridized carbons (Fsp3) is 0.571. The van der Waals surface area contributed by atoms with E-state index < -0.39 is 12.2 Å². The van der Waals surface area contributed by atoms with Crippen molar-refractivity contribution in [3.63, 3.8) is 0 Å². The predicted molar refractivity (Wildman–Crippen MR) is 94.8 cm³/mol. The molecular weight excluding hydrogens is 338 g/mol. The maximum atomic E-state index is 10.4. The second-order valence-corrected chi connectivity index (χ2v) is 6.68. The van der Waals surface area contributed by atoms with Crippen LogP contribution in [0.2, 0.25) is 0 Å². The Hall–Kier alpha value is -1.06. The van der Waals surface area contributed by atoms with E-state index in [1.807, 2.05) is 0 Å². The molecular formula is C14H22ClN5O2S. The molecule has 6 N–H and O–H groups in total. The quantitative estimate of drug-likeness (QED) is 0.502. The molecule has 0 bridgehead atoms. The zero-order valence-electron chi connectivity index (χ0n) is 12.8. The van der Waals surface area contributed by atoms with Crippen LogP contribution in [-0.2, 0) is 0 Å². The molecule has 2 aromatic heterocycles. The Morgan fingerprint density at radius 1 is 1.30 bits per heavy atom. The van der Waals surface area contributed by atoms with E-state index in [9.17, 15) is 10.2 Å². The summed E-state index contributed by atoms with van der Waals surface area (Å²) in [5.74, 6) is 2.18. The highest BCUT2D eigenvalue weighted by atomic mass is 35.5. The van der Waals surface area contributed by atoms with E-state index in [1.165, 1.54) is 6.33 Å². The molecule has 1 aliphatic heterocycles. The lowest BCUT2D eigenvalue weighted by Gasteiger charge is -2.14. The molecule has 3 heterocycles. The number of aromatic amines is 1. The highest BCUT2D eigenvalue weighted by Crippen LogP contribution is 2.33. The first-order valence-electron chi connectivity index (χ1n) is 7.40. The van der Waals surface area contributed by atoms with Crippen molar-refractivity contribution in [3.8, 4) is 0 Å². The molecule has 2 aromatic rings. The van der Waals surface area contributed by atoms with Crippen LogP contribution < -0.4 is 11.1 Å². The van der Waals surface area contributed by atoms with Gasteiger partial charge in [-0.25, -0.2) is 9.97 Å². The van der Waals surface area contributed by atoms with Gasteiger partial charge in [0.1, 0.15) is 17.9 Å². The van der Waals surface area contributed by atoms with Gasteiger partial charge in [-0.1, -0.05) is 6.92 Å². The number of aromatic nitrogens is 3. The van der Waals surface area contributed by atoms with Crippen molar-refractivity contribution in [2.45, 2.75) is 37.6 Å². The Kier molecular flexibility index (Phi) is 6.10. The lowest BCUT2D eigenvalue weighted by atomic mass is 10.0. The van der Waals surface area contributed by atoms with Crippen LogP contribution >= 0.6 is 24.2 Å². The molecule has 3 rings (SSSR count). The number of fused-ring (bicyclic) bond motifs is 1. The number of nitrogen functional groups attached to an aromatic ring is 1. The van der Waals surface area contributed by atoms with E-state index in [2.05, 4.69) is 27.2 Å². The van der Waals surface area contributed by atoms with Crippen molar-refractivity contribution in [2.24, 2.45) is 0 Å². The standard InChI is InChI=1S/C14H21N5O2S.ClH/c1-2-3-22-5-8-12(20)13(21)10(19-8)7-4-16-11-9(7)17-6-18-14(11)15;/h4,6,8,10,12-13,16,19-21H,2-3,5H2,1H3,(H2,15,17,18);1H. The molecule has 7 nitrogen and oxygen atoms in total. The fourth-order valence-corrected chi connectivity index (χ4v) is 3.86. The molecule has 23 heavy (non-hydrogen) atoms. The second kappa shape index (κ2) is 7.67. The molecule has 9 heteroatoms. The van der Waals surface area contributed by atoms with Gasteiger partial charge in [-0.05, 0) is 12.2 Å². The predicted octanol–water partition coefficient (Wildman–Crippen LogP) is 0.840. The number of anilines is 1. The van der Waals surface area contributed by atoms with Crippen LogP contribution in [0.1, 0.15) is 24.9 Å². The van der Waals surface area contributed by atoms with Crippen molar-refractivity contribution in [1.29, 1.82) is 0 Å². The molecule has 0 aliphatic carbocycles. The van der Waals surface area contributed by atoms with Gasteiger partial charge in [-0.15, -0.1) is 12.4 Å². The Morgan fingerprint density at radius 3 is 2.83 bits per heavy atom. The van der Waals surface area contributed by atoms with Crippen molar-refractivity contribution in [2.75, 3.05) is 17.2 Å². The zero-order valence-corrected chi connectivity index (χ0v) is 14.4. The molecule has 0 spiro atoms. The summed E-state index contributed by atoms with van der Waals surface area (Å²) in [6, 6.07) is -0.508. The van der Waals surface area contributed by atoms with Gasteiger partial charge in [0.05, 0.1) is 17.7 Å². The Labute approximate surface area is 144 Å². The topological polar surface area (TPSA) is 120 Å². The van der Waals surface area contributed by atoms with Crippen LogP contribution in [0.4, 0.5) is 5.82 Å². The maximum Gasteiger partial charge on any atom is 0.151 e. The molecule has 0 saturated carbocycles. The lowest BCUT2D eigenvalue weighted by Crippen LogP contribution is -2.35. The van der Waals surface area contributed by atoms with Crippen LogP contribution in [0, 0.1) is 0 Å². The summed E-state index contributed by atoms with van der Waals surface area (Å²) in [6.07, 6.45) is 2.60. The van der Waals surface area contributed by atoms with Crippen molar-refractivity contribution >= 4 is 41.0 Å². The van der Waals surface area contributed by atoms with Crippen LogP contribution in [0.5, 0.6) is 0 Å². The molecule has 0 amide bonds. The number of rotatable bonds is 5. The van der Waals surface area contributed by atoms with E-state index in [-0.39, 0.29) is 24.5 Å². The molecule has 1 fully saturated rings. The van der Waals surface area contributed by atoms with Crippen molar-refractivity contribution < 1.29 is 10.2 Å². The number of halogens is 1. The van der Waals surface area contributed by atoms with Gasteiger partial charge in [0.15, 0.2) is 5.82 Å². The highest BCUT2D eigenvalue weighted by molar-refractivity contribution is 7.99. The van der Waals surface area contributed by atoms with Gasteiger partial charge in [0, 0.05) is 23.6 Å². The lowest BCUT2D eigenvalue weighted by molar-refractivity contribution is 0.0308. The van der Waals surface area contributed by atoms with Gasteiger partial charge in [-0.3, -0.25) is 0 Å². The highest BCUT2D eigenvalue weighted by Gasteiger charge is 2.42. The molecule has 0 aromatic carbocycles. The smallest absolute Gasteiger partial charge is 0.151 e. The Balaban J connectivity index is 0.00000192. The van der Waals surface area contributed by atoms with Crippen molar-refractivity contribution in [3.05, 3.63) is 18.1 Å². The minimum absolute atomic E-state index is 0. The number of hydrogen-bond acceptors (Lipinski definition) is 7. The van der Waals surface area contributed by atoms with Gasteiger partial charge in [-0.2, -0.15) is 11.8 Å². The summed E-state index contributed by atoms with van der Waals surface area (Å²) in [5, 5.41) is 24.0. The summed E-state index contributed by atoms with van der Waals surface area (Å²) in [5.41, 5.74) is 7.96. The molecule has 1 saturated heterocycles. The van der Waals surface area contributed by atoms with Crippen LogP contribution in [0.3, 0.4) is 0 Å². The third-order valence-electron chi connectivity index (χ3n) is 4.00. The average Bonchev–Trinajstić information content (AvgIpc) is 3.05. The van der Waals surface area contributed by atoms with Crippen LogP contribution in [-0.4, -0.2) is 54.9 Å². The largest absolute Gasteiger partial charge is 0.389 e. The molecule has 1 aliphatic rings. The summed E-state index contributed by atoms with van der Waals surface area (Å²) < 4.78 is 0. The van der Waals surface area contributed by atoms with Crippen molar-refractivity contribution in [1.82, 2.24) is 20.3 Å². The molecule has 0 radical (unpaired) electrons. The summed E-state index contributed by atoms with van der Waals surface area (Å²) in [6.45, 7) is 2.12. The number of H-pyrrole nitrogens is 1. The number of aliphatic hydroxyl groups is 2. The number of hydrogen-bond donors (Lipinski definition) is 5. The van der Waals surface area contributed by atoms with E-state index in [4.69, 9.17) is 5.73 Å². The molecule has 128 valence electrons. The first-order valence-corrected chi connectivity index (χ1v) is 8.56. The Bertz CT molecular complexity index is 655. The van der Waals surface area contributed by atoms with Gasteiger partial charge < -0.3 is 26.2 Å². The second-order valence-electron chi connectivity index (χ2n) is 5.53. The number of aliphatic hydroxyl groups excluding tert-OH is 2.